The molecule has 3 rings (SSSR count). The van der Waals surface area contributed by atoms with E-state index >= 15 is 0 Å². The van der Waals surface area contributed by atoms with E-state index in [-0.39, 0.29) is 11.9 Å². The molecule has 108 valence electrons. The van der Waals surface area contributed by atoms with Crippen LogP contribution in [0.25, 0.3) is 10.6 Å². The Kier molecular flexibility index (Phi) is 4.37. The largest absolute Gasteiger partial charge is 0.354 e. The average Bonchev–Trinajstić information content (AvgIpc) is 3.20. The predicted molar refractivity (Wildman–Crippen MR) is 83.0 cm³/mol. The number of amides is 1. The van der Waals surface area contributed by atoms with Crippen molar-refractivity contribution in [3.63, 3.8) is 0 Å². The SMILES string of the molecule is O=C(NCCc1csc(-c2cccnc2)n1)C1C=CCN1. The zero-order valence-electron chi connectivity index (χ0n) is 11.5. The maximum absolute atomic E-state index is 11.8. The lowest BCUT2D eigenvalue weighted by Gasteiger charge is -2.09. The third kappa shape index (κ3) is 3.53. The van der Waals surface area contributed by atoms with E-state index in [0.717, 1.165) is 29.2 Å². The zero-order valence-corrected chi connectivity index (χ0v) is 12.3. The molecule has 0 saturated carbocycles. The molecule has 21 heavy (non-hydrogen) atoms. The fourth-order valence-electron chi connectivity index (χ4n) is 2.11. The van der Waals surface area contributed by atoms with Crippen molar-refractivity contribution in [2.75, 3.05) is 13.1 Å². The summed E-state index contributed by atoms with van der Waals surface area (Å²) in [7, 11) is 0. The van der Waals surface area contributed by atoms with Crippen LogP contribution in [0.1, 0.15) is 5.69 Å². The summed E-state index contributed by atoms with van der Waals surface area (Å²) in [6.45, 7) is 1.36. The van der Waals surface area contributed by atoms with Crippen molar-refractivity contribution in [2.24, 2.45) is 0 Å². The van der Waals surface area contributed by atoms with E-state index in [0.29, 0.717) is 6.54 Å². The van der Waals surface area contributed by atoms with E-state index < -0.39 is 0 Å². The highest BCUT2D eigenvalue weighted by atomic mass is 32.1. The van der Waals surface area contributed by atoms with Gasteiger partial charge in [0.05, 0.1) is 5.69 Å². The Bertz CT molecular complexity index is 638. The smallest absolute Gasteiger partial charge is 0.241 e. The number of hydrogen-bond acceptors (Lipinski definition) is 5. The van der Waals surface area contributed by atoms with Crippen LogP contribution in [0, 0.1) is 0 Å². The van der Waals surface area contributed by atoms with Gasteiger partial charge in [-0.2, -0.15) is 0 Å². The summed E-state index contributed by atoms with van der Waals surface area (Å²) in [4.78, 5) is 20.5. The van der Waals surface area contributed by atoms with Gasteiger partial charge in [0.15, 0.2) is 0 Å². The van der Waals surface area contributed by atoms with Gasteiger partial charge in [-0.3, -0.25) is 15.1 Å². The Balaban J connectivity index is 1.51. The second kappa shape index (κ2) is 6.60. The lowest BCUT2D eigenvalue weighted by Crippen LogP contribution is -2.41. The molecule has 1 unspecified atom stereocenters. The van der Waals surface area contributed by atoms with Crippen molar-refractivity contribution in [3.05, 3.63) is 47.8 Å². The summed E-state index contributed by atoms with van der Waals surface area (Å²) < 4.78 is 0. The van der Waals surface area contributed by atoms with Gasteiger partial charge in [0.1, 0.15) is 11.0 Å². The average molecular weight is 300 g/mol. The van der Waals surface area contributed by atoms with Crippen molar-refractivity contribution in [3.8, 4) is 10.6 Å². The van der Waals surface area contributed by atoms with Gasteiger partial charge < -0.3 is 5.32 Å². The summed E-state index contributed by atoms with van der Waals surface area (Å²) >= 11 is 1.60. The molecule has 0 saturated heterocycles. The first-order chi connectivity index (χ1) is 10.3. The molecule has 2 aromatic rings. The van der Waals surface area contributed by atoms with Crippen molar-refractivity contribution < 1.29 is 4.79 Å². The van der Waals surface area contributed by atoms with Crippen LogP contribution in [-0.4, -0.2) is 35.0 Å². The summed E-state index contributed by atoms with van der Waals surface area (Å²) in [5.74, 6) is 0.0199. The first-order valence-electron chi connectivity index (χ1n) is 6.85. The van der Waals surface area contributed by atoms with E-state index in [9.17, 15) is 4.79 Å². The molecule has 1 aliphatic rings. The van der Waals surface area contributed by atoms with Crippen LogP contribution in [0.15, 0.2) is 42.1 Å². The summed E-state index contributed by atoms with van der Waals surface area (Å²) in [5, 5.41) is 9.00. The third-order valence-electron chi connectivity index (χ3n) is 3.21. The number of aromatic nitrogens is 2. The standard InChI is InChI=1S/C15H16N4OS/c20-14(13-4-2-7-17-13)18-8-5-12-10-21-15(19-12)11-3-1-6-16-9-11/h1-4,6,9-10,13,17H,5,7-8H2,(H,18,20). The van der Waals surface area contributed by atoms with Crippen molar-refractivity contribution in [1.82, 2.24) is 20.6 Å². The van der Waals surface area contributed by atoms with Crippen molar-refractivity contribution >= 4 is 17.2 Å². The first kappa shape index (κ1) is 13.9. The highest BCUT2D eigenvalue weighted by Crippen LogP contribution is 2.22. The van der Waals surface area contributed by atoms with Crippen LogP contribution in [0.3, 0.4) is 0 Å². The van der Waals surface area contributed by atoms with Gasteiger partial charge >= 0.3 is 0 Å². The van der Waals surface area contributed by atoms with Crippen molar-refractivity contribution in [2.45, 2.75) is 12.5 Å². The van der Waals surface area contributed by atoms with Gasteiger partial charge in [-0.15, -0.1) is 11.3 Å². The Morgan fingerprint density at radius 3 is 3.24 bits per heavy atom. The van der Waals surface area contributed by atoms with E-state index in [1.165, 1.54) is 0 Å². The Hall–Kier alpha value is -2.05. The normalized spacial score (nSPS) is 17.0. The number of nitrogens with one attached hydrogen (secondary N) is 2. The molecule has 0 bridgehead atoms. The molecule has 0 aliphatic carbocycles. The number of carbonyl (C=O) groups excluding carboxylic acids is 1. The number of rotatable bonds is 5. The Morgan fingerprint density at radius 1 is 1.52 bits per heavy atom. The lowest BCUT2D eigenvalue weighted by molar-refractivity contribution is -0.121. The molecule has 6 heteroatoms. The van der Waals surface area contributed by atoms with Crippen molar-refractivity contribution in [1.29, 1.82) is 0 Å². The van der Waals surface area contributed by atoms with Gasteiger partial charge in [0, 0.05) is 42.8 Å². The highest BCUT2D eigenvalue weighted by molar-refractivity contribution is 7.13. The monoisotopic (exact) mass is 300 g/mol. The van der Waals surface area contributed by atoms with Crippen LogP contribution < -0.4 is 10.6 Å². The highest BCUT2D eigenvalue weighted by Gasteiger charge is 2.16. The van der Waals surface area contributed by atoms with Gasteiger partial charge in [0.25, 0.3) is 0 Å². The Morgan fingerprint density at radius 2 is 2.48 bits per heavy atom. The number of pyridine rings is 1. The molecular weight excluding hydrogens is 284 g/mol. The second-order valence-corrected chi connectivity index (χ2v) is 5.60. The van der Waals surface area contributed by atoms with Gasteiger partial charge in [-0.05, 0) is 12.1 Å². The number of thiazole rings is 1. The van der Waals surface area contributed by atoms with Gasteiger partial charge in [-0.25, -0.2) is 4.98 Å². The van der Waals surface area contributed by atoms with E-state index in [2.05, 4.69) is 20.6 Å². The minimum absolute atomic E-state index is 0.0199. The topological polar surface area (TPSA) is 66.9 Å². The van der Waals surface area contributed by atoms with Gasteiger partial charge in [0.2, 0.25) is 5.91 Å². The van der Waals surface area contributed by atoms with Crippen LogP contribution in [0.5, 0.6) is 0 Å². The fourth-order valence-corrected chi connectivity index (χ4v) is 2.96. The minimum atomic E-state index is -0.189. The number of carbonyl (C=O) groups is 1. The van der Waals surface area contributed by atoms with Crippen LogP contribution >= 0.6 is 11.3 Å². The fraction of sp³-hybridized carbons (Fsp3) is 0.267. The third-order valence-corrected chi connectivity index (χ3v) is 4.15. The molecule has 5 nitrogen and oxygen atoms in total. The predicted octanol–water partition coefficient (Wildman–Crippen LogP) is 1.39. The molecule has 1 atom stereocenters. The quantitative estimate of drug-likeness (QED) is 0.819. The van der Waals surface area contributed by atoms with Gasteiger partial charge in [-0.1, -0.05) is 12.2 Å². The zero-order chi connectivity index (χ0) is 14.5. The number of nitrogens with zero attached hydrogens (tertiary/aromatic N) is 2. The molecule has 2 aromatic heterocycles. The Labute approximate surface area is 127 Å². The van der Waals surface area contributed by atoms with E-state index in [4.69, 9.17) is 0 Å². The van der Waals surface area contributed by atoms with Crippen LogP contribution in [0.4, 0.5) is 0 Å². The summed E-state index contributed by atoms with van der Waals surface area (Å²) in [5.41, 5.74) is 2.02. The molecule has 2 N–H and O–H groups in total. The maximum atomic E-state index is 11.8. The molecular formula is C15H16N4OS. The van der Waals surface area contributed by atoms with E-state index in [1.807, 2.05) is 35.9 Å². The second-order valence-electron chi connectivity index (χ2n) is 4.74. The van der Waals surface area contributed by atoms with Crippen LogP contribution in [0.2, 0.25) is 0 Å². The van der Waals surface area contributed by atoms with E-state index in [1.54, 1.807) is 17.5 Å². The minimum Gasteiger partial charge on any atom is -0.354 e. The molecule has 1 aliphatic heterocycles. The molecule has 0 spiro atoms. The molecule has 0 radical (unpaired) electrons. The maximum Gasteiger partial charge on any atom is 0.241 e. The molecule has 0 fully saturated rings. The van der Waals surface area contributed by atoms with Crippen LogP contribution in [-0.2, 0) is 11.2 Å². The molecule has 0 aromatic carbocycles. The first-order valence-corrected chi connectivity index (χ1v) is 7.73. The molecule has 3 heterocycles. The molecule has 1 amide bonds. The summed E-state index contributed by atoms with van der Waals surface area (Å²) in [6.07, 6.45) is 8.14. The lowest BCUT2D eigenvalue weighted by atomic mass is 10.2. The summed E-state index contributed by atoms with van der Waals surface area (Å²) in [6, 6.07) is 3.71. The number of hydrogen-bond donors (Lipinski definition) is 2.